The molecule has 0 aliphatic heterocycles. The van der Waals surface area contributed by atoms with Gasteiger partial charge in [-0.05, 0) is 18.4 Å². The maximum absolute atomic E-state index is 4.83. The molecule has 2 rings (SSSR count). The Morgan fingerprint density at radius 1 is 1.55 bits per heavy atom. The minimum atomic E-state index is 0.767. The van der Waals surface area contributed by atoms with Crippen LogP contribution in [0.5, 0.6) is 0 Å². The Balaban J connectivity index is 2.53. The van der Waals surface area contributed by atoms with E-state index in [9.17, 15) is 0 Å². The molecule has 0 atom stereocenters. The highest BCUT2D eigenvalue weighted by Crippen LogP contribution is 2.22. The summed E-state index contributed by atoms with van der Waals surface area (Å²) in [6.07, 6.45) is 0. The van der Waals surface area contributed by atoms with Crippen molar-refractivity contribution in [1.29, 1.82) is 0 Å². The van der Waals surface area contributed by atoms with E-state index in [0.717, 1.165) is 17.0 Å². The normalized spacial score (nSPS) is 10.3. The van der Waals surface area contributed by atoms with Crippen molar-refractivity contribution in [2.45, 2.75) is 6.92 Å². The van der Waals surface area contributed by atoms with Crippen molar-refractivity contribution in [3.8, 4) is 11.3 Å². The summed E-state index contributed by atoms with van der Waals surface area (Å²) in [5, 5.41) is 11.3. The molecular formula is C7H6N2OS. The molecule has 0 saturated heterocycles. The quantitative estimate of drug-likeness (QED) is 0.651. The predicted molar refractivity (Wildman–Crippen MR) is 42.3 cm³/mol. The maximum atomic E-state index is 4.83. The summed E-state index contributed by atoms with van der Waals surface area (Å²) < 4.78 is 4.83. The molecule has 2 aromatic heterocycles. The second-order valence-electron chi connectivity index (χ2n) is 2.19. The van der Waals surface area contributed by atoms with E-state index in [2.05, 4.69) is 10.4 Å². The number of aromatic nitrogens is 2. The molecule has 2 aromatic rings. The van der Waals surface area contributed by atoms with E-state index in [1.165, 1.54) is 0 Å². The van der Waals surface area contributed by atoms with Gasteiger partial charge in [-0.2, -0.15) is 11.3 Å². The van der Waals surface area contributed by atoms with E-state index in [1.54, 1.807) is 11.3 Å². The van der Waals surface area contributed by atoms with Crippen LogP contribution < -0.4 is 0 Å². The van der Waals surface area contributed by atoms with Crippen molar-refractivity contribution in [3.63, 3.8) is 0 Å². The van der Waals surface area contributed by atoms with Crippen LogP contribution in [0.25, 0.3) is 11.3 Å². The van der Waals surface area contributed by atoms with Crippen molar-refractivity contribution in [2.75, 3.05) is 0 Å². The molecule has 0 N–H and O–H groups in total. The zero-order valence-electron chi connectivity index (χ0n) is 5.94. The molecule has 0 spiro atoms. The molecule has 2 heterocycles. The van der Waals surface area contributed by atoms with Crippen LogP contribution in [0.2, 0.25) is 0 Å². The van der Waals surface area contributed by atoms with Crippen molar-refractivity contribution < 1.29 is 4.52 Å². The van der Waals surface area contributed by atoms with Gasteiger partial charge in [0.15, 0.2) is 5.76 Å². The lowest BCUT2D eigenvalue weighted by molar-refractivity contribution is 0.374. The lowest BCUT2D eigenvalue weighted by Gasteiger charge is -1.86. The highest BCUT2D eigenvalue weighted by Gasteiger charge is 2.06. The zero-order valence-corrected chi connectivity index (χ0v) is 6.76. The number of thiophene rings is 1. The Bertz CT molecular complexity index is 339. The number of hydrogen-bond acceptors (Lipinski definition) is 4. The molecule has 4 heteroatoms. The fraction of sp³-hybridized carbons (Fsp3) is 0.143. The van der Waals surface area contributed by atoms with Gasteiger partial charge >= 0.3 is 0 Å². The number of rotatable bonds is 1. The molecule has 0 unspecified atom stereocenters. The van der Waals surface area contributed by atoms with Gasteiger partial charge < -0.3 is 4.52 Å². The van der Waals surface area contributed by atoms with Crippen LogP contribution in [0.15, 0.2) is 21.3 Å². The summed E-state index contributed by atoms with van der Waals surface area (Å²) in [5.41, 5.74) is 1.92. The van der Waals surface area contributed by atoms with Gasteiger partial charge in [-0.1, -0.05) is 0 Å². The van der Waals surface area contributed by atoms with E-state index >= 15 is 0 Å². The maximum Gasteiger partial charge on any atom is 0.162 e. The van der Waals surface area contributed by atoms with E-state index < -0.39 is 0 Å². The number of aryl methyl sites for hydroxylation is 1. The summed E-state index contributed by atoms with van der Waals surface area (Å²) in [6.45, 7) is 1.85. The molecule has 11 heavy (non-hydrogen) atoms. The summed E-state index contributed by atoms with van der Waals surface area (Å²) in [6, 6.07) is 2.00. The Morgan fingerprint density at radius 2 is 2.45 bits per heavy atom. The fourth-order valence-corrected chi connectivity index (χ4v) is 1.54. The van der Waals surface area contributed by atoms with Gasteiger partial charge in [-0.15, -0.1) is 5.10 Å². The minimum absolute atomic E-state index is 0.767. The first kappa shape index (κ1) is 6.54. The van der Waals surface area contributed by atoms with Gasteiger partial charge in [0.1, 0.15) is 5.69 Å². The summed E-state index contributed by atoms with van der Waals surface area (Å²) in [5.74, 6) is 0.767. The largest absolute Gasteiger partial charge is 0.342 e. The molecule has 56 valence electrons. The highest BCUT2D eigenvalue weighted by molar-refractivity contribution is 7.08. The van der Waals surface area contributed by atoms with Gasteiger partial charge in [-0.3, -0.25) is 0 Å². The lowest BCUT2D eigenvalue weighted by Crippen LogP contribution is -1.75. The first-order valence-corrected chi connectivity index (χ1v) is 4.14. The van der Waals surface area contributed by atoms with Crippen molar-refractivity contribution in [2.24, 2.45) is 0 Å². The second kappa shape index (κ2) is 2.47. The molecule has 0 fully saturated rings. The number of hydrogen-bond donors (Lipinski definition) is 0. The zero-order chi connectivity index (χ0) is 7.68. The lowest BCUT2D eigenvalue weighted by atomic mass is 10.2. The van der Waals surface area contributed by atoms with Gasteiger partial charge in [0.25, 0.3) is 0 Å². The van der Waals surface area contributed by atoms with E-state index in [4.69, 9.17) is 4.52 Å². The first-order valence-electron chi connectivity index (χ1n) is 3.19. The Morgan fingerprint density at radius 3 is 3.00 bits per heavy atom. The predicted octanol–water partition coefficient (Wildman–Crippen LogP) is 2.11. The SMILES string of the molecule is Cc1onnc1-c1ccsc1. The highest BCUT2D eigenvalue weighted by atomic mass is 32.1. The molecule has 0 bridgehead atoms. The van der Waals surface area contributed by atoms with Crippen molar-refractivity contribution in [1.82, 2.24) is 10.4 Å². The van der Waals surface area contributed by atoms with Gasteiger partial charge in [0.05, 0.1) is 0 Å². The van der Waals surface area contributed by atoms with E-state index in [1.807, 2.05) is 23.8 Å². The summed E-state index contributed by atoms with van der Waals surface area (Å²) in [4.78, 5) is 0. The van der Waals surface area contributed by atoms with Gasteiger partial charge in [-0.25, -0.2) is 0 Å². The third-order valence-corrected chi connectivity index (χ3v) is 2.13. The van der Waals surface area contributed by atoms with Gasteiger partial charge in [0, 0.05) is 16.2 Å². The van der Waals surface area contributed by atoms with Crippen LogP contribution in [0, 0.1) is 6.92 Å². The third kappa shape index (κ3) is 1.05. The van der Waals surface area contributed by atoms with Crippen LogP contribution in [0.1, 0.15) is 5.76 Å². The molecule has 0 radical (unpaired) electrons. The molecule has 0 saturated carbocycles. The third-order valence-electron chi connectivity index (χ3n) is 1.45. The molecule has 0 amide bonds. The smallest absolute Gasteiger partial charge is 0.162 e. The fourth-order valence-electron chi connectivity index (χ4n) is 0.896. The Hall–Kier alpha value is -1.16. The van der Waals surface area contributed by atoms with E-state index in [-0.39, 0.29) is 0 Å². The van der Waals surface area contributed by atoms with Crippen molar-refractivity contribution >= 4 is 11.3 Å². The van der Waals surface area contributed by atoms with Crippen LogP contribution >= 0.6 is 11.3 Å². The van der Waals surface area contributed by atoms with Crippen LogP contribution in [0.4, 0.5) is 0 Å². The van der Waals surface area contributed by atoms with Crippen LogP contribution in [0.3, 0.4) is 0 Å². The Kier molecular flexibility index (Phi) is 1.47. The minimum Gasteiger partial charge on any atom is -0.342 e. The second-order valence-corrected chi connectivity index (χ2v) is 2.97. The molecule has 0 aliphatic carbocycles. The summed E-state index contributed by atoms with van der Waals surface area (Å²) >= 11 is 1.64. The van der Waals surface area contributed by atoms with E-state index in [0.29, 0.717) is 0 Å². The number of nitrogens with zero attached hydrogens (tertiary/aromatic N) is 2. The Labute approximate surface area is 67.6 Å². The molecular weight excluding hydrogens is 160 g/mol. The molecule has 0 aliphatic rings. The van der Waals surface area contributed by atoms with Gasteiger partial charge in [0.2, 0.25) is 0 Å². The molecule has 0 aromatic carbocycles. The van der Waals surface area contributed by atoms with Crippen molar-refractivity contribution in [3.05, 3.63) is 22.6 Å². The summed E-state index contributed by atoms with van der Waals surface area (Å²) in [7, 11) is 0. The molecule has 3 nitrogen and oxygen atoms in total. The van der Waals surface area contributed by atoms with Crippen LogP contribution in [-0.4, -0.2) is 10.4 Å². The van der Waals surface area contributed by atoms with Crippen LogP contribution in [-0.2, 0) is 0 Å². The first-order chi connectivity index (χ1) is 5.38. The average molecular weight is 166 g/mol. The standard InChI is InChI=1S/C7H6N2OS/c1-5-7(8-9-10-5)6-2-3-11-4-6/h2-4H,1H3. The monoisotopic (exact) mass is 166 g/mol. The topological polar surface area (TPSA) is 38.9 Å². The average Bonchev–Trinajstić information content (AvgIpc) is 2.55.